The molecule has 0 saturated heterocycles. The number of nitrogens with one attached hydrogen (secondary N) is 2. The lowest BCUT2D eigenvalue weighted by molar-refractivity contribution is 0.104. The van der Waals surface area contributed by atoms with E-state index in [1.807, 2.05) is 19.0 Å². The lowest BCUT2D eigenvalue weighted by atomic mass is 9.87. The SMILES string of the molecule is CNc1nc(NCC2CCCC(O)C2)nc(N(C)C)n1. The van der Waals surface area contributed by atoms with Gasteiger partial charge in [-0.1, -0.05) is 6.42 Å². The molecule has 0 radical (unpaired) electrons. The number of hydrogen-bond donors (Lipinski definition) is 3. The predicted octanol–water partition coefficient (Wildman–Crippen LogP) is 0.942. The van der Waals surface area contributed by atoms with Gasteiger partial charge in [0, 0.05) is 27.7 Å². The molecule has 0 aromatic carbocycles. The van der Waals surface area contributed by atoms with Crippen LogP contribution in [0, 0.1) is 5.92 Å². The van der Waals surface area contributed by atoms with E-state index in [1.54, 1.807) is 7.05 Å². The summed E-state index contributed by atoms with van der Waals surface area (Å²) in [6.45, 7) is 0.789. The summed E-state index contributed by atoms with van der Waals surface area (Å²) in [6.07, 6.45) is 3.87. The van der Waals surface area contributed by atoms with Gasteiger partial charge in [-0.3, -0.25) is 0 Å². The van der Waals surface area contributed by atoms with Crippen molar-refractivity contribution in [2.24, 2.45) is 5.92 Å². The second kappa shape index (κ2) is 6.69. The van der Waals surface area contributed by atoms with Crippen molar-refractivity contribution in [1.82, 2.24) is 15.0 Å². The number of nitrogens with zero attached hydrogens (tertiary/aromatic N) is 4. The van der Waals surface area contributed by atoms with Crippen molar-refractivity contribution >= 4 is 17.8 Å². The van der Waals surface area contributed by atoms with E-state index >= 15 is 0 Å². The zero-order valence-electron chi connectivity index (χ0n) is 12.4. The summed E-state index contributed by atoms with van der Waals surface area (Å²) in [5.41, 5.74) is 0. The minimum Gasteiger partial charge on any atom is -0.393 e. The van der Waals surface area contributed by atoms with Gasteiger partial charge in [-0.2, -0.15) is 15.0 Å². The van der Waals surface area contributed by atoms with Crippen molar-refractivity contribution < 1.29 is 5.11 Å². The van der Waals surface area contributed by atoms with Gasteiger partial charge < -0.3 is 20.6 Å². The molecule has 0 spiro atoms. The number of aromatic nitrogens is 3. The molecule has 1 aromatic heterocycles. The molecule has 0 bridgehead atoms. The summed E-state index contributed by atoms with van der Waals surface area (Å²) in [6, 6.07) is 0. The van der Waals surface area contributed by atoms with Gasteiger partial charge in [0.05, 0.1) is 6.10 Å². The molecule has 1 heterocycles. The Morgan fingerprint density at radius 1 is 1.20 bits per heavy atom. The van der Waals surface area contributed by atoms with E-state index in [9.17, 15) is 5.11 Å². The number of anilines is 3. The van der Waals surface area contributed by atoms with Crippen molar-refractivity contribution in [2.75, 3.05) is 43.2 Å². The third-order valence-corrected chi connectivity index (χ3v) is 3.55. The highest BCUT2D eigenvalue weighted by molar-refractivity contribution is 5.42. The van der Waals surface area contributed by atoms with Gasteiger partial charge in [0.2, 0.25) is 17.8 Å². The van der Waals surface area contributed by atoms with Crippen LogP contribution in [0.15, 0.2) is 0 Å². The van der Waals surface area contributed by atoms with Gasteiger partial charge >= 0.3 is 0 Å². The van der Waals surface area contributed by atoms with E-state index in [0.29, 0.717) is 23.8 Å². The maximum Gasteiger partial charge on any atom is 0.231 e. The fraction of sp³-hybridized carbons (Fsp3) is 0.769. The molecule has 0 aliphatic heterocycles. The zero-order valence-corrected chi connectivity index (χ0v) is 12.4. The first kappa shape index (κ1) is 14.8. The highest BCUT2D eigenvalue weighted by Gasteiger charge is 2.20. The van der Waals surface area contributed by atoms with Crippen LogP contribution in [0.5, 0.6) is 0 Å². The molecule has 1 aliphatic rings. The molecular weight excluding hydrogens is 256 g/mol. The summed E-state index contributed by atoms with van der Waals surface area (Å²) in [5, 5.41) is 15.9. The van der Waals surface area contributed by atoms with Crippen LogP contribution in [-0.2, 0) is 0 Å². The Morgan fingerprint density at radius 3 is 2.60 bits per heavy atom. The molecule has 1 aliphatic carbocycles. The summed E-state index contributed by atoms with van der Waals surface area (Å²) < 4.78 is 0. The van der Waals surface area contributed by atoms with Crippen molar-refractivity contribution in [1.29, 1.82) is 0 Å². The fourth-order valence-electron chi connectivity index (χ4n) is 2.44. The third kappa shape index (κ3) is 3.93. The van der Waals surface area contributed by atoms with Crippen LogP contribution < -0.4 is 15.5 Å². The summed E-state index contributed by atoms with van der Waals surface area (Å²) in [7, 11) is 5.59. The van der Waals surface area contributed by atoms with Crippen molar-refractivity contribution in [3.63, 3.8) is 0 Å². The van der Waals surface area contributed by atoms with E-state index in [1.165, 1.54) is 0 Å². The molecule has 7 nitrogen and oxygen atoms in total. The molecule has 1 saturated carbocycles. The van der Waals surface area contributed by atoms with Gasteiger partial charge in [0.15, 0.2) is 0 Å². The van der Waals surface area contributed by atoms with Gasteiger partial charge in [-0.15, -0.1) is 0 Å². The Balaban J connectivity index is 1.99. The quantitative estimate of drug-likeness (QED) is 0.740. The average Bonchev–Trinajstić information content (AvgIpc) is 2.45. The van der Waals surface area contributed by atoms with Gasteiger partial charge in [-0.05, 0) is 25.2 Å². The smallest absolute Gasteiger partial charge is 0.231 e. The summed E-state index contributed by atoms with van der Waals surface area (Å²) in [4.78, 5) is 14.8. The topological polar surface area (TPSA) is 86.2 Å². The molecule has 2 rings (SSSR count). The van der Waals surface area contributed by atoms with E-state index in [2.05, 4.69) is 25.6 Å². The first-order chi connectivity index (χ1) is 9.58. The molecule has 2 unspecified atom stereocenters. The third-order valence-electron chi connectivity index (χ3n) is 3.55. The van der Waals surface area contributed by atoms with Crippen LogP contribution in [0.4, 0.5) is 17.8 Å². The van der Waals surface area contributed by atoms with Gasteiger partial charge in [-0.25, -0.2) is 0 Å². The van der Waals surface area contributed by atoms with Gasteiger partial charge in [0.1, 0.15) is 0 Å². The Hall–Kier alpha value is -1.63. The molecule has 20 heavy (non-hydrogen) atoms. The van der Waals surface area contributed by atoms with Gasteiger partial charge in [0.25, 0.3) is 0 Å². The normalized spacial score (nSPS) is 22.4. The highest BCUT2D eigenvalue weighted by atomic mass is 16.3. The number of rotatable bonds is 5. The minimum atomic E-state index is -0.154. The molecule has 7 heteroatoms. The first-order valence-electron chi connectivity index (χ1n) is 7.11. The van der Waals surface area contributed by atoms with E-state index in [-0.39, 0.29) is 6.10 Å². The predicted molar refractivity (Wildman–Crippen MR) is 80.2 cm³/mol. The van der Waals surface area contributed by atoms with Crippen LogP contribution in [0.3, 0.4) is 0 Å². The number of aliphatic hydroxyl groups excluding tert-OH is 1. The van der Waals surface area contributed by atoms with Crippen molar-refractivity contribution in [3.05, 3.63) is 0 Å². The maximum atomic E-state index is 9.69. The Labute approximate surface area is 119 Å². The molecule has 3 N–H and O–H groups in total. The Bertz CT molecular complexity index is 439. The Morgan fingerprint density at radius 2 is 1.95 bits per heavy atom. The average molecular weight is 280 g/mol. The van der Waals surface area contributed by atoms with Crippen molar-refractivity contribution in [3.8, 4) is 0 Å². The van der Waals surface area contributed by atoms with E-state index in [4.69, 9.17) is 0 Å². The second-order valence-electron chi connectivity index (χ2n) is 5.49. The Kier molecular flexibility index (Phi) is 4.94. The monoisotopic (exact) mass is 280 g/mol. The number of aliphatic hydroxyl groups is 1. The maximum absolute atomic E-state index is 9.69. The lowest BCUT2D eigenvalue weighted by Gasteiger charge is -2.26. The lowest BCUT2D eigenvalue weighted by Crippen LogP contribution is -2.26. The van der Waals surface area contributed by atoms with Crippen LogP contribution in [0.2, 0.25) is 0 Å². The second-order valence-corrected chi connectivity index (χ2v) is 5.49. The van der Waals surface area contributed by atoms with Crippen LogP contribution in [0.25, 0.3) is 0 Å². The van der Waals surface area contributed by atoms with E-state index < -0.39 is 0 Å². The molecular formula is C13H24N6O. The summed E-state index contributed by atoms with van der Waals surface area (Å²) >= 11 is 0. The molecule has 112 valence electrons. The molecule has 0 amide bonds. The van der Waals surface area contributed by atoms with Crippen LogP contribution >= 0.6 is 0 Å². The molecule has 2 atom stereocenters. The fourth-order valence-corrected chi connectivity index (χ4v) is 2.44. The van der Waals surface area contributed by atoms with E-state index in [0.717, 1.165) is 32.2 Å². The van der Waals surface area contributed by atoms with Crippen LogP contribution in [-0.4, -0.2) is 53.9 Å². The van der Waals surface area contributed by atoms with Crippen LogP contribution in [0.1, 0.15) is 25.7 Å². The first-order valence-corrected chi connectivity index (χ1v) is 7.11. The minimum absolute atomic E-state index is 0.154. The highest BCUT2D eigenvalue weighted by Crippen LogP contribution is 2.24. The standard InChI is InChI=1S/C13H24N6O/c1-14-11-16-12(18-13(17-11)19(2)3)15-8-9-5-4-6-10(20)7-9/h9-10,20H,4-8H2,1-3H3,(H2,14,15,16,17,18). The molecule has 1 aromatic rings. The summed E-state index contributed by atoms with van der Waals surface area (Å²) in [5.74, 6) is 2.23. The molecule has 1 fully saturated rings. The zero-order chi connectivity index (χ0) is 14.5. The number of hydrogen-bond acceptors (Lipinski definition) is 7. The van der Waals surface area contributed by atoms with Crippen molar-refractivity contribution in [2.45, 2.75) is 31.8 Å². The largest absolute Gasteiger partial charge is 0.393 e.